The Morgan fingerprint density at radius 2 is 1.53 bits per heavy atom. The van der Waals surface area contributed by atoms with E-state index < -0.39 is 54.1 Å². The summed E-state index contributed by atoms with van der Waals surface area (Å²) < 4.78 is 10.6. The zero-order valence-electron chi connectivity index (χ0n) is 26.0. The number of nitrogens with one attached hydrogen (secondary N) is 3. The third-order valence-corrected chi connectivity index (χ3v) is 6.14. The Hall–Kier alpha value is -5.05. The van der Waals surface area contributed by atoms with Gasteiger partial charge in [0, 0.05) is 25.3 Å². The summed E-state index contributed by atoms with van der Waals surface area (Å²) in [5, 5.41) is 26.2. The second-order valence-corrected chi connectivity index (χ2v) is 11.2. The number of unbranched alkanes of at least 4 members (excludes halogenated alkanes) is 2. The number of hydrogen-bond acceptors (Lipinski definition) is 7. The molecular formula is C33H41N3O9. The van der Waals surface area contributed by atoms with E-state index in [-0.39, 0.29) is 24.2 Å². The van der Waals surface area contributed by atoms with E-state index >= 15 is 0 Å². The van der Waals surface area contributed by atoms with Gasteiger partial charge in [-0.05, 0) is 50.5 Å². The highest BCUT2D eigenvalue weighted by Gasteiger charge is 2.29. The van der Waals surface area contributed by atoms with E-state index in [0.717, 1.165) is 24.8 Å². The van der Waals surface area contributed by atoms with Crippen molar-refractivity contribution in [2.45, 2.75) is 77.5 Å². The van der Waals surface area contributed by atoms with Crippen LogP contribution in [-0.2, 0) is 36.8 Å². The predicted octanol–water partition coefficient (Wildman–Crippen LogP) is 3.06. The predicted molar refractivity (Wildman–Crippen MR) is 166 cm³/mol. The molecule has 0 heterocycles. The molecule has 0 fully saturated rings. The molecule has 242 valence electrons. The molecule has 0 unspecified atom stereocenters. The molecule has 0 radical (unpaired) electrons. The van der Waals surface area contributed by atoms with Gasteiger partial charge in [0.05, 0.1) is 5.56 Å². The van der Waals surface area contributed by atoms with Crippen molar-refractivity contribution in [3.05, 3.63) is 65.2 Å². The summed E-state index contributed by atoms with van der Waals surface area (Å²) in [5.41, 5.74) is 0.549. The lowest BCUT2D eigenvalue weighted by atomic mass is 10.0. The maximum absolute atomic E-state index is 13.7. The second kappa shape index (κ2) is 17.9. The average Bonchev–Trinajstić information content (AvgIpc) is 2.96. The zero-order valence-corrected chi connectivity index (χ0v) is 26.0. The molecule has 3 amide bonds. The maximum Gasteiger partial charge on any atom is 0.408 e. The van der Waals surface area contributed by atoms with Gasteiger partial charge < -0.3 is 35.6 Å². The molecule has 5 N–H and O–H groups in total. The molecule has 0 aromatic heterocycles. The monoisotopic (exact) mass is 623 g/mol. The number of carbonyl (C=O) groups excluding carboxylic acids is 3. The summed E-state index contributed by atoms with van der Waals surface area (Å²) in [7, 11) is 0. The van der Waals surface area contributed by atoms with Crippen molar-refractivity contribution in [2.24, 2.45) is 0 Å². The lowest BCUT2D eigenvalue weighted by molar-refractivity contribution is -0.139. The number of carboxylic acid groups (broad SMARTS) is 2. The van der Waals surface area contributed by atoms with E-state index in [4.69, 9.17) is 19.7 Å². The van der Waals surface area contributed by atoms with E-state index in [9.17, 15) is 24.0 Å². The van der Waals surface area contributed by atoms with Gasteiger partial charge in [0.2, 0.25) is 11.8 Å². The third-order valence-electron chi connectivity index (χ3n) is 6.14. The molecular weight excluding hydrogens is 582 g/mol. The molecule has 12 heteroatoms. The summed E-state index contributed by atoms with van der Waals surface area (Å²) in [4.78, 5) is 61.7. The van der Waals surface area contributed by atoms with Gasteiger partial charge >= 0.3 is 18.0 Å². The van der Waals surface area contributed by atoms with Gasteiger partial charge in [-0.3, -0.25) is 9.59 Å². The molecule has 12 nitrogen and oxygen atoms in total. The van der Waals surface area contributed by atoms with Crippen molar-refractivity contribution >= 4 is 29.8 Å². The molecule has 2 aromatic carbocycles. The Morgan fingerprint density at radius 3 is 2.16 bits per heavy atom. The van der Waals surface area contributed by atoms with E-state index in [2.05, 4.69) is 21.9 Å². The highest BCUT2D eigenvalue weighted by atomic mass is 16.6. The molecule has 2 rings (SSSR count). The van der Waals surface area contributed by atoms with Crippen LogP contribution < -0.4 is 20.7 Å². The van der Waals surface area contributed by atoms with Gasteiger partial charge in [-0.1, -0.05) is 62.1 Å². The van der Waals surface area contributed by atoms with Gasteiger partial charge in [0.15, 0.2) is 6.61 Å². The highest BCUT2D eigenvalue weighted by Crippen LogP contribution is 2.21. The number of alkyl carbamates (subject to hydrolysis) is 1. The average molecular weight is 624 g/mol. The first-order chi connectivity index (χ1) is 21.3. The fraction of sp³-hybridized carbons (Fsp3) is 0.424. The van der Waals surface area contributed by atoms with Crippen molar-refractivity contribution in [2.75, 3.05) is 13.2 Å². The first-order valence-corrected chi connectivity index (χ1v) is 14.6. The number of carboxylic acids is 2. The van der Waals surface area contributed by atoms with Crippen molar-refractivity contribution in [1.29, 1.82) is 0 Å². The number of hydrogen-bond donors (Lipinski definition) is 5. The number of aliphatic carboxylic acids is 2. The fourth-order valence-corrected chi connectivity index (χ4v) is 4.12. The van der Waals surface area contributed by atoms with Gasteiger partial charge in [-0.25, -0.2) is 14.4 Å². The first kappa shape index (κ1) is 36.1. The third kappa shape index (κ3) is 14.3. The van der Waals surface area contributed by atoms with Gasteiger partial charge in [-0.15, -0.1) is 0 Å². The number of ether oxygens (including phenoxy) is 2. The Labute approximate surface area is 262 Å². The van der Waals surface area contributed by atoms with Crippen LogP contribution in [0.2, 0.25) is 0 Å². The topological polar surface area (TPSA) is 180 Å². The Bertz CT molecular complexity index is 1390. The highest BCUT2D eigenvalue weighted by molar-refractivity contribution is 5.91. The van der Waals surface area contributed by atoms with Crippen molar-refractivity contribution in [1.82, 2.24) is 16.0 Å². The largest absolute Gasteiger partial charge is 0.481 e. The minimum Gasteiger partial charge on any atom is -0.481 e. The van der Waals surface area contributed by atoms with Crippen molar-refractivity contribution in [3.63, 3.8) is 0 Å². The number of benzene rings is 2. The fourth-order valence-electron chi connectivity index (χ4n) is 4.12. The van der Waals surface area contributed by atoms with Crippen LogP contribution in [0.1, 0.15) is 63.6 Å². The summed E-state index contributed by atoms with van der Waals surface area (Å²) in [6.45, 7) is 6.85. The minimum atomic E-state index is -1.40. The zero-order chi connectivity index (χ0) is 33.4. The van der Waals surface area contributed by atoms with E-state index in [0.29, 0.717) is 12.1 Å². The lowest BCUT2D eigenvalue weighted by Crippen LogP contribution is -2.55. The van der Waals surface area contributed by atoms with Crippen LogP contribution in [0.15, 0.2) is 48.5 Å². The number of rotatable bonds is 15. The van der Waals surface area contributed by atoms with E-state index in [1.165, 1.54) is 12.1 Å². The SMILES string of the molecule is CCCCCNC(=O)[C@H](Cc1ccc(OCC(=O)O)c(C#CC(=O)O)c1)NC(=O)[C@H](Cc1ccccc1)NC(=O)OC(C)(C)C. The van der Waals surface area contributed by atoms with Crippen molar-refractivity contribution < 1.29 is 43.7 Å². The summed E-state index contributed by atoms with van der Waals surface area (Å²) in [6.07, 6.45) is 1.89. The molecule has 0 bridgehead atoms. The van der Waals surface area contributed by atoms with Gasteiger partial charge in [0.1, 0.15) is 23.4 Å². The molecule has 2 aromatic rings. The minimum absolute atomic E-state index is 0.0309. The van der Waals surface area contributed by atoms with Gasteiger partial charge in [0.25, 0.3) is 0 Å². The van der Waals surface area contributed by atoms with E-state index in [1.807, 2.05) is 31.0 Å². The first-order valence-electron chi connectivity index (χ1n) is 14.6. The number of amides is 3. The van der Waals surface area contributed by atoms with Crippen LogP contribution in [-0.4, -0.2) is 70.9 Å². The molecule has 0 aliphatic heterocycles. The molecule has 0 spiro atoms. The quantitative estimate of drug-likeness (QED) is 0.147. The summed E-state index contributed by atoms with van der Waals surface area (Å²) >= 11 is 0. The Balaban J connectivity index is 2.39. The van der Waals surface area contributed by atoms with Crippen LogP contribution in [0.3, 0.4) is 0 Å². The molecule has 0 aliphatic carbocycles. The van der Waals surface area contributed by atoms with Crippen LogP contribution in [0.25, 0.3) is 0 Å². The second-order valence-electron chi connectivity index (χ2n) is 11.2. The Kier molecular flexibility index (Phi) is 14.4. The summed E-state index contributed by atoms with van der Waals surface area (Å²) in [5.74, 6) is 0.747. The number of carbonyl (C=O) groups is 5. The Morgan fingerprint density at radius 1 is 0.867 bits per heavy atom. The molecule has 0 saturated carbocycles. The summed E-state index contributed by atoms with van der Waals surface area (Å²) in [6, 6.07) is 11.3. The molecule has 45 heavy (non-hydrogen) atoms. The van der Waals surface area contributed by atoms with E-state index in [1.54, 1.807) is 39.0 Å². The molecule has 0 saturated heterocycles. The van der Waals surface area contributed by atoms with Crippen LogP contribution in [0.5, 0.6) is 5.75 Å². The van der Waals surface area contributed by atoms with Crippen LogP contribution in [0.4, 0.5) is 4.79 Å². The standard InChI is InChI=1S/C33H41N3O9/c1-5-6-10-17-34-30(41)25(20-23-13-15-27(44-21-29(39)40)24(18-23)14-16-28(37)38)35-31(42)26(19-22-11-8-7-9-12-22)36-32(43)45-33(2,3)4/h7-9,11-13,15,18,25-26H,5-6,10,17,19-21H2,1-4H3,(H,34,41)(H,35,42)(H,36,43)(H,37,38)(H,39,40)/t25-,26-/m0/s1. The normalized spacial score (nSPS) is 12.0. The van der Waals surface area contributed by atoms with Crippen LogP contribution >= 0.6 is 0 Å². The van der Waals surface area contributed by atoms with Gasteiger partial charge in [-0.2, -0.15) is 0 Å². The smallest absolute Gasteiger partial charge is 0.408 e. The maximum atomic E-state index is 13.7. The lowest BCUT2D eigenvalue weighted by Gasteiger charge is -2.25. The van der Waals surface area contributed by atoms with Crippen molar-refractivity contribution in [3.8, 4) is 17.6 Å². The van der Waals surface area contributed by atoms with Crippen LogP contribution in [0, 0.1) is 11.8 Å². The molecule has 0 aliphatic rings. The molecule has 2 atom stereocenters.